The highest BCUT2D eigenvalue weighted by Gasteiger charge is 2.15. The van der Waals surface area contributed by atoms with Gasteiger partial charge in [-0.1, -0.05) is 58.9 Å². The molecular weight excluding hydrogens is 250 g/mol. The fraction of sp³-hybridized carbons (Fsp3) is 0.647. The summed E-state index contributed by atoms with van der Waals surface area (Å²) in [5.41, 5.74) is 3.07. The van der Waals surface area contributed by atoms with Crippen molar-refractivity contribution < 1.29 is 0 Å². The van der Waals surface area contributed by atoms with Crippen LogP contribution < -0.4 is 5.32 Å². The third-order valence-corrected chi connectivity index (χ3v) is 4.29. The van der Waals surface area contributed by atoms with Crippen molar-refractivity contribution in [1.29, 1.82) is 0 Å². The molecule has 0 aliphatic carbocycles. The Hall–Kier alpha value is -0.470. The molecule has 0 aromatic heterocycles. The zero-order chi connectivity index (χ0) is 14.3. The highest BCUT2D eigenvalue weighted by molar-refractivity contribution is 7.99. The predicted octanol–water partition coefficient (Wildman–Crippen LogP) is 4.78. The monoisotopic (exact) mass is 279 g/mol. The second-order valence-corrected chi connectivity index (χ2v) is 7.36. The van der Waals surface area contributed by atoms with E-state index in [1.807, 2.05) is 11.8 Å². The fourth-order valence-corrected chi connectivity index (χ4v) is 2.82. The van der Waals surface area contributed by atoms with Gasteiger partial charge in [-0.15, -0.1) is 0 Å². The average molecular weight is 279 g/mol. The molecule has 0 amide bonds. The first-order valence-electron chi connectivity index (χ1n) is 7.40. The van der Waals surface area contributed by atoms with Crippen molar-refractivity contribution >= 4 is 11.8 Å². The average Bonchev–Trinajstić information content (AvgIpc) is 2.38. The first-order valence-corrected chi connectivity index (χ1v) is 8.56. The van der Waals surface area contributed by atoms with Gasteiger partial charge in [-0.05, 0) is 35.3 Å². The number of thioether (sulfide) groups is 1. The quantitative estimate of drug-likeness (QED) is 0.771. The van der Waals surface area contributed by atoms with Gasteiger partial charge in [-0.2, -0.15) is 11.8 Å². The number of nitrogens with one attached hydrogen (secondary N) is 1. The molecule has 1 atom stereocenters. The molecule has 0 saturated heterocycles. The number of benzene rings is 1. The molecule has 1 nitrogen and oxygen atoms in total. The summed E-state index contributed by atoms with van der Waals surface area (Å²) in [6, 6.07) is 9.65. The lowest BCUT2D eigenvalue weighted by atomic mass is 9.86. The third kappa shape index (κ3) is 5.58. The highest BCUT2D eigenvalue weighted by Crippen LogP contribution is 2.25. The highest BCUT2D eigenvalue weighted by atomic mass is 32.2. The van der Waals surface area contributed by atoms with Crippen LogP contribution in [0.25, 0.3) is 0 Å². The normalized spacial score (nSPS) is 13.5. The third-order valence-electron chi connectivity index (χ3n) is 3.31. The second-order valence-electron chi connectivity index (χ2n) is 6.04. The number of hydrogen-bond acceptors (Lipinski definition) is 2. The van der Waals surface area contributed by atoms with Gasteiger partial charge in [0.05, 0.1) is 0 Å². The summed E-state index contributed by atoms with van der Waals surface area (Å²) in [6.45, 7) is 12.3. The molecule has 1 N–H and O–H groups in total. The van der Waals surface area contributed by atoms with E-state index in [1.54, 1.807) is 0 Å². The summed E-state index contributed by atoms with van der Waals surface area (Å²) in [4.78, 5) is 0. The minimum Gasteiger partial charge on any atom is -0.309 e. The van der Waals surface area contributed by atoms with Crippen LogP contribution in [0.15, 0.2) is 24.3 Å². The van der Waals surface area contributed by atoms with Crippen molar-refractivity contribution in [1.82, 2.24) is 5.32 Å². The molecule has 0 radical (unpaired) electrons. The lowest BCUT2D eigenvalue weighted by molar-refractivity contribution is 0.572. The van der Waals surface area contributed by atoms with Crippen molar-refractivity contribution in [2.75, 3.05) is 18.1 Å². The number of hydrogen-bond donors (Lipinski definition) is 1. The maximum atomic E-state index is 3.66. The Bertz CT molecular complexity index is 343. The van der Waals surface area contributed by atoms with E-state index in [-0.39, 0.29) is 5.41 Å². The van der Waals surface area contributed by atoms with Crippen molar-refractivity contribution in [2.24, 2.45) is 0 Å². The summed E-state index contributed by atoms with van der Waals surface area (Å²) in [7, 11) is 0. The smallest absolute Gasteiger partial charge is 0.0411 e. The largest absolute Gasteiger partial charge is 0.309 e. The van der Waals surface area contributed by atoms with Crippen LogP contribution in [-0.4, -0.2) is 18.1 Å². The lowest BCUT2D eigenvalue weighted by Gasteiger charge is -2.22. The van der Waals surface area contributed by atoms with Gasteiger partial charge in [0.15, 0.2) is 0 Å². The molecule has 0 fully saturated rings. The van der Waals surface area contributed by atoms with Crippen LogP contribution in [0.2, 0.25) is 0 Å². The van der Waals surface area contributed by atoms with Crippen LogP contribution in [0, 0.1) is 0 Å². The maximum Gasteiger partial charge on any atom is 0.0411 e. The molecule has 0 heterocycles. The first kappa shape index (κ1) is 16.6. The molecule has 1 aromatic carbocycles. The molecule has 0 saturated carbocycles. The van der Waals surface area contributed by atoms with Crippen LogP contribution in [0.5, 0.6) is 0 Å². The van der Waals surface area contributed by atoms with E-state index < -0.39 is 0 Å². The van der Waals surface area contributed by atoms with E-state index in [4.69, 9.17) is 0 Å². The van der Waals surface area contributed by atoms with Gasteiger partial charge in [0.2, 0.25) is 0 Å². The molecule has 0 aliphatic heterocycles. The molecule has 19 heavy (non-hydrogen) atoms. The molecule has 1 unspecified atom stereocenters. The Kier molecular flexibility index (Phi) is 6.95. The van der Waals surface area contributed by atoms with Crippen molar-refractivity contribution in [2.45, 2.75) is 52.5 Å². The lowest BCUT2D eigenvalue weighted by Crippen LogP contribution is -2.24. The molecule has 1 aromatic rings. The van der Waals surface area contributed by atoms with Gasteiger partial charge in [0, 0.05) is 11.8 Å². The molecule has 0 aliphatic rings. The Balaban J connectivity index is 2.78. The Morgan fingerprint density at radius 2 is 1.74 bits per heavy atom. The summed E-state index contributed by atoms with van der Waals surface area (Å²) >= 11 is 2.01. The SMILES string of the molecule is CCCNC(CSCC)c1ccc(C(C)(C)C)cc1. The Labute approximate surface area is 123 Å². The standard InChI is InChI=1S/C17H29NS/c1-6-12-18-16(13-19-7-2)14-8-10-15(11-9-14)17(3,4)5/h8-11,16,18H,6-7,12-13H2,1-5H3. The summed E-state index contributed by atoms with van der Waals surface area (Å²) in [5.74, 6) is 2.34. The maximum absolute atomic E-state index is 3.66. The van der Waals surface area contributed by atoms with E-state index in [1.165, 1.54) is 23.3 Å². The van der Waals surface area contributed by atoms with Gasteiger partial charge in [-0.3, -0.25) is 0 Å². The summed E-state index contributed by atoms with van der Waals surface area (Å²) < 4.78 is 0. The number of rotatable bonds is 7. The van der Waals surface area contributed by atoms with E-state index in [0.717, 1.165) is 12.3 Å². The zero-order valence-corrected chi connectivity index (χ0v) is 13.9. The van der Waals surface area contributed by atoms with Gasteiger partial charge in [-0.25, -0.2) is 0 Å². The molecule has 0 bridgehead atoms. The van der Waals surface area contributed by atoms with Crippen LogP contribution >= 0.6 is 11.8 Å². The van der Waals surface area contributed by atoms with E-state index in [0.29, 0.717) is 6.04 Å². The topological polar surface area (TPSA) is 12.0 Å². The van der Waals surface area contributed by atoms with E-state index in [2.05, 4.69) is 64.2 Å². The van der Waals surface area contributed by atoms with E-state index in [9.17, 15) is 0 Å². The molecule has 1 rings (SSSR count). The first-order chi connectivity index (χ1) is 8.99. The predicted molar refractivity (Wildman–Crippen MR) is 89.2 cm³/mol. The molecule has 0 spiro atoms. The molecular formula is C17H29NS. The Morgan fingerprint density at radius 1 is 1.11 bits per heavy atom. The van der Waals surface area contributed by atoms with Crippen LogP contribution in [0.1, 0.15) is 58.2 Å². The van der Waals surface area contributed by atoms with Crippen molar-refractivity contribution in [3.05, 3.63) is 35.4 Å². The zero-order valence-electron chi connectivity index (χ0n) is 13.1. The Morgan fingerprint density at radius 3 is 2.21 bits per heavy atom. The summed E-state index contributed by atoms with van der Waals surface area (Å²) in [6.07, 6.45) is 1.19. The van der Waals surface area contributed by atoms with Crippen molar-refractivity contribution in [3.8, 4) is 0 Å². The van der Waals surface area contributed by atoms with Gasteiger partial charge in [0.1, 0.15) is 0 Å². The molecule has 2 heteroatoms. The van der Waals surface area contributed by atoms with E-state index >= 15 is 0 Å². The molecule has 108 valence electrons. The second kappa shape index (κ2) is 7.96. The van der Waals surface area contributed by atoms with Crippen LogP contribution in [-0.2, 0) is 5.41 Å². The van der Waals surface area contributed by atoms with Crippen molar-refractivity contribution in [3.63, 3.8) is 0 Å². The van der Waals surface area contributed by atoms with Gasteiger partial charge < -0.3 is 5.32 Å². The summed E-state index contributed by atoms with van der Waals surface area (Å²) in [5, 5.41) is 3.66. The fourth-order valence-electron chi connectivity index (χ4n) is 2.04. The van der Waals surface area contributed by atoms with Crippen LogP contribution in [0.4, 0.5) is 0 Å². The van der Waals surface area contributed by atoms with Gasteiger partial charge >= 0.3 is 0 Å². The van der Waals surface area contributed by atoms with Gasteiger partial charge in [0.25, 0.3) is 0 Å². The minimum atomic E-state index is 0.239. The minimum absolute atomic E-state index is 0.239. The van der Waals surface area contributed by atoms with Crippen LogP contribution in [0.3, 0.4) is 0 Å².